The Morgan fingerprint density at radius 2 is 1.67 bits per heavy atom. The van der Waals surface area contributed by atoms with E-state index in [0.29, 0.717) is 10.1 Å². The van der Waals surface area contributed by atoms with Crippen LogP contribution < -0.4 is 0 Å². The molecule has 0 aliphatic rings. The number of hydrogen-bond acceptors (Lipinski definition) is 6. The fourth-order valence-electron chi connectivity index (χ4n) is 0.414. The van der Waals surface area contributed by atoms with Crippen LogP contribution in [0.2, 0.25) is 0 Å². The van der Waals surface area contributed by atoms with Gasteiger partial charge in [0.2, 0.25) is 16.6 Å². The van der Waals surface area contributed by atoms with E-state index in [2.05, 4.69) is 10.8 Å². The molecule has 108 valence electrons. The highest BCUT2D eigenvalue weighted by atomic mass is 32.3. The molecular weight excluding hydrogens is 262 g/mol. The minimum atomic E-state index is -4.41. The first-order valence-electron chi connectivity index (χ1n) is 5.00. The predicted octanol–water partition coefficient (Wildman–Crippen LogP) is 0.251. The Hall–Kier alpha value is -0.960. The van der Waals surface area contributed by atoms with Gasteiger partial charge in [-0.1, -0.05) is 6.58 Å². The van der Waals surface area contributed by atoms with Crippen molar-refractivity contribution in [1.82, 2.24) is 0 Å². The average Bonchev–Trinajstić information content (AvgIpc) is 2.15. The molecule has 0 aromatic carbocycles. The Labute approximate surface area is 109 Å². The van der Waals surface area contributed by atoms with Crippen LogP contribution in [0.4, 0.5) is 0 Å². The van der Waals surface area contributed by atoms with E-state index >= 15 is 0 Å². The Bertz CT molecular complexity index is 382. The molecule has 7 nitrogen and oxygen atoms in total. The first-order valence-corrected chi connectivity index (χ1v) is 6.33. The van der Waals surface area contributed by atoms with Crippen molar-refractivity contribution in [1.29, 1.82) is 0 Å². The number of rotatable bonds is 4. The highest BCUT2D eigenvalue weighted by molar-refractivity contribution is 7.80. The number of hydrogen-bond donors (Lipinski definition) is 0. The number of esters is 1. The molecule has 18 heavy (non-hydrogen) atoms. The molecular formula is C10H21NO6S. The molecule has 0 saturated carbocycles. The van der Waals surface area contributed by atoms with Gasteiger partial charge in [-0.05, 0) is 6.92 Å². The first-order chi connectivity index (χ1) is 7.81. The maximum Gasteiger partial charge on any atom is 0.337 e. The lowest BCUT2D eigenvalue weighted by Gasteiger charge is -2.30. The van der Waals surface area contributed by atoms with Crippen molar-refractivity contribution < 1.29 is 31.2 Å². The van der Waals surface area contributed by atoms with Crippen molar-refractivity contribution in [2.75, 3.05) is 28.3 Å². The van der Waals surface area contributed by atoms with Gasteiger partial charge in [0, 0.05) is 12.5 Å². The third-order valence-corrected chi connectivity index (χ3v) is 2.33. The molecule has 8 heteroatoms. The van der Waals surface area contributed by atoms with Crippen LogP contribution in [-0.4, -0.2) is 57.9 Å². The van der Waals surface area contributed by atoms with Crippen LogP contribution in [0, 0.1) is 0 Å². The van der Waals surface area contributed by atoms with Gasteiger partial charge in [0.15, 0.2) is 0 Å². The van der Waals surface area contributed by atoms with Gasteiger partial charge >= 0.3 is 5.97 Å². The zero-order valence-corrected chi connectivity index (χ0v) is 12.4. The van der Waals surface area contributed by atoms with Crippen LogP contribution in [0.15, 0.2) is 12.2 Å². The van der Waals surface area contributed by atoms with Gasteiger partial charge in [-0.2, -0.15) is 0 Å². The molecule has 0 bridgehead atoms. The number of ether oxygens (including phenoxy) is 1. The van der Waals surface area contributed by atoms with E-state index in [1.54, 1.807) is 6.92 Å². The molecule has 1 atom stereocenters. The van der Waals surface area contributed by atoms with Gasteiger partial charge in [0.1, 0.15) is 0 Å². The molecule has 1 unspecified atom stereocenters. The molecule has 0 heterocycles. The highest BCUT2D eigenvalue weighted by Gasteiger charge is 2.22. The standard InChI is InChI=1S/C9H18NO2.CH4O4S/c1-7(2)9(11)12-8(3)10(4,5)6;1-5-6(2,3)4/h8H,1H2,2-6H3;1H3,(H,2,3,4)/q+1;/p-1. The maximum absolute atomic E-state index is 11.1. The summed E-state index contributed by atoms with van der Waals surface area (Å²) < 4.78 is 36.7. The molecule has 0 aromatic rings. The molecule has 0 fully saturated rings. The zero-order valence-electron chi connectivity index (χ0n) is 11.6. The SMILES string of the molecule is C=C(C)C(=O)OC(C)[N+](C)(C)C.COS(=O)(=O)[O-]. The largest absolute Gasteiger partial charge is 0.726 e. The summed E-state index contributed by atoms with van der Waals surface area (Å²) in [7, 11) is 2.30. The first kappa shape index (κ1) is 19.4. The monoisotopic (exact) mass is 283 g/mol. The third-order valence-electron chi connectivity index (χ3n) is 1.92. The number of carbonyl (C=O) groups excluding carboxylic acids is 1. The number of carbonyl (C=O) groups is 1. The summed E-state index contributed by atoms with van der Waals surface area (Å²) in [5.41, 5.74) is 0.440. The van der Waals surface area contributed by atoms with E-state index in [0.717, 1.165) is 7.11 Å². The molecule has 0 aliphatic heterocycles. The van der Waals surface area contributed by atoms with Crippen LogP contribution >= 0.6 is 0 Å². The van der Waals surface area contributed by atoms with E-state index < -0.39 is 10.4 Å². The summed E-state index contributed by atoms with van der Waals surface area (Å²) in [6, 6.07) is 0. The summed E-state index contributed by atoms with van der Waals surface area (Å²) >= 11 is 0. The van der Waals surface area contributed by atoms with Crippen molar-refractivity contribution in [3.63, 3.8) is 0 Å². The smallest absolute Gasteiger partial charge is 0.337 e. The lowest BCUT2D eigenvalue weighted by atomic mass is 10.3. The third kappa shape index (κ3) is 11.5. The molecule has 0 radical (unpaired) electrons. The van der Waals surface area contributed by atoms with E-state index in [9.17, 15) is 17.8 Å². The molecule has 0 saturated heterocycles. The fourth-order valence-corrected chi connectivity index (χ4v) is 0.414. The quantitative estimate of drug-likeness (QED) is 0.183. The topological polar surface area (TPSA) is 92.7 Å². The molecule has 0 N–H and O–H groups in total. The van der Waals surface area contributed by atoms with Crippen molar-refractivity contribution in [3.8, 4) is 0 Å². The van der Waals surface area contributed by atoms with Gasteiger partial charge in [-0.15, -0.1) is 0 Å². The highest BCUT2D eigenvalue weighted by Crippen LogP contribution is 2.06. The lowest BCUT2D eigenvalue weighted by Crippen LogP contribution is -2.45. The van der Waals surface area contributed by atoms with Crippen molar-refractivity contribution in [2.24, 2.45) is 0 Å². The molecule has 0 amide bonds. The van der Waals surface area contributed by atoms with Gasteiger partial charge in [-0.3, -0.25) is 8.67 Å². The maximum atomic E-state index is 11.1. The summed E-state index contributed by atoms with van der Waals surface area (Å²) in [5, 5.41) is 0. The van der Waals surface area contributed by atoms with Gasteiger partial charge in [0.25, 0.3) is 0 Å². The Balaban J connectivity index is 0. The zero-order chi connectivity index (χ0) is 15.1. The van der Waals surface area contributed by atoms with E-state index in [-0.39, 0.29) is 12.2 Å². The Morgan fingerprint density at radius 1 is 1.33 bits per heavy atom. The minimum absolute atomic E-state index is 0.144. The van der Waals surface area contributed by atoms with E-state index in [1.165, 1.54) is 0 Å². The molecule has 0 aliphatic carbocycles. The minimum Gasteiger partial charge on any atom is -0.726 e. The van der Waals surface area contributed by atoms with Crippen LogP contribution in [0.5, 0.6) is 0 Å². The number of nitrogens with zero attached hydrogens (tertiary/aromatic N) is 1. The summed E-state index contributed by atoms with van der Waals surface area (Å²) in [6.45, 7) is 7.01. The van der Waals surface area contributed by atoms with Crippen molar-refractivity contribution in [3.05, 3.63) is 12.2 Å². The van der Waals surface area contributed by atoms with E-state index in [4.69, 9.17) is 4.74 Å². The Morgan fingerprint density at radius 3 is 1.83 bits per heavy atom. The summed E-state index contributed by atoms with van der Waals surface area (Å²) in [5.74, 6) is -0.324. The average molecular weight is 283 g/mol. The van der Waals surface area contributed by atoms with E-state index in [1.807, 2.05) is 28.1 Å². The summed E-state index contributed by atoms with van der Waals surface area (Å²) in [4.78, 5) is 11.1. The number of quaternary nitrogens is 1. The Kier molecular flexibility index (Phi) is 8.04. The second-order valence-electron chi connectivity index (χ2n) is 4.48. The molecule has 0 spiro atoms. The second-order valence-corrected chi connectivity index (χ2v) is 5.63. The van der Waals surface area contributed by atoms with Crippen LogP contribution in [0.25, 0.3) is 0 Å². The predicted molar refractivity (Wildman–Crippen MR) is 65.1 cm³/mol. The van der Waals surface area contributed by atoms with Gasteiger partial charge in [-0.25, -0.2) is 13.2 Å². The van der Waals surface area contributed by atoms with Crippen molar-refractivity contribution in [2.45, 2.75) is 20.1 Å². The molecule has 0 aromatic heterocycles. The normalized spacial score (nSPS) is 13.1. The van der Waals surface area contributed by atoms with Crippen LogP contribution in [-0.2, 0) is 24.1 Å². The summed E-state index contributed by atoms with van der Waals surface area (Å²) in [6.07, 6.45) is -0.144. The fraction of sp³-hybridized carbons (Fsp3) is 0.700. The van der Waals surface area contributed by atoms with Crippen molar-refractivity contribution >= 4 is 16.4 Å². The van der Waals surface area contributed by atoms with Gasteiger partial charge < -0.3 is 9.29 Å². The molecule has 0 rings (SSSR count). The second kappa shape index (κ2) is 7.47. The van der Waals surface area contributed by atoms with Crippen LogP contribution in [0.3, 0.4) is 0 Å². The lowest BCUT2D eigenvalue weighted by molar-refractivity contribution is -0.914. The van der Waals surface area contributed by atoms with Crippen LogP contribution in [0.1, 0.15) is 13.8 Å². The van der Waals surface area contributed by atoms with Gasteiger partial charge in [0.05, 0.1) is 28.3 Å².